The first-order chi connectivity index (χ1) is 12.6. The molecule has 0 amide bonds. The molecule has 1 unspecified atom stereocenters. The summed E-state index contributed by atoms with van der Waals surface area (Å²) in [6.07, 6.45) is 1.45. The first-order valence-electron chi connectivity index (χ1n) is 9.29. The molecule has 0 radical (unpaired) electrons. The number of Topliss-reactive ketones (excluding diaryl/α,β-unsaturated/α-hetero) is 1. The summed E-state index contributed by atoms with van der Waals surface area (Å²) >= 11 is 0. The van der Waals surface area contributed by atoms with Crippen LogP contribution in [0.1, 0.15) is 28.8 Å². The molecule has 0 aliphatic carbocycles. The largest absolute Gasteiger partial charge is 0.353 e. The van der Waals surface area contributed by atoms with Crippen LogP contribution in [0.4, 0.5) is 0 Å². The molecule has 4 nitrogen and oxygen atoms in total. The minimum Gasteiger partial charge on any atom is -0.353 e. The molecule has 1 heterocycles. The second-order valence-electron chi connectivity index (χ2n) is 7.06. The van der Waals surface area contributed by atoms with Gasteiger partial charge in [-0.3, -0.25) is 14.6 Å². The van der Waals surface area contributed by atoms with Crippen LogP contribution in [0.2, 0.25) is 0 Å². The highest BCUT2D eigenvalue weighted by atomic mass is 16.5. The Bertz CT molecular complexity index is 703. The van der Waals surface area contributed by atoms with Crippen molar-refractivity contribution in [1.29, 1.82) is 0 Å². The van der Waals surface area contributed by atoms with Crippen LogP contribution in [0.25, 0.3) is 0 Å². The van der Waals surface area contributed by atoms with E-state index in [2.05, 4.69) is 48.2 Å². The van der Waals surface area contributed by atoms with Crippen molar-refractivity contribution >= 4 is 5.78 Å². The molecule has 1 aliphatic rings. The molecule has 4 heteroatoms. The zero-order chi connectivity index (χ0) is 18.4. The molecule has 138 valence electrons. The number of rotatable bonds is 7. The molecule has 0 bridgehead atoms. The van der Waals surface area contributed by atoms with Crippen LogP contribution in [0, 0.1) is 0 Å². The Labute approximate surface area is 156 Å². The number of benzene rings is 2. The lowest BCUT2D eigenvalue weighted by Crippen LogP contribution is -2.57. The Balaban J connectivity index is 1.60. The molecule has 2 aromatic carbocycles. The quantitative estimate of drug-likeness (QED) is 0.715. The SMILES string of the molecule is CN(C)C1(c2ccccc2)CN(CCCC(=O)c2ccccc2)CCO1. The van der Waals surface area contributed by atoms with E-state index in [1.54, 1.807) is 0 Å². The molecule has 0 spiro atoms. The van der Waals surface area contributed by atoms with Crippen molar-refractivity contribution in [2.75, 3.05) is 40.3 Å². The van der Waals surface area contributed by atoms with Gasteiger partial charge in [0.05, 0.1) is 6.61 Å². The summed E-state index contributed by atoms with van der Waals surface area (Å²) in [5.74, 6) is 0.223. The Hall–Kier alpha value is -2.01. The summed E-state index contributed by atoms with van der Waals surface area (Å²) in [4.78, 5) is 16.9. The van der Waals surface area contributed by atoms with Crippen LogP contribution < -0.4 is 0 Å². The second kappa shape index (κ2) is 8.58. The average Bonchev–Trinajstić information content (AvgIpc) is 2.69. The number of morpholine rings is 1. The van der Waals surface area contributed by atoms with Gasteiger partial charge >= 0.3 is 0 Å². The molecule has 2 aromatic rings. The van der Waals surface area contributed by atoms with Crippen LogP contribution in [0.15, 0.2) is 60.7 Å². The van der Waals surface area contributed by atoms with Gasteiger partial charge in [-0.05, 0) is 27.1 Å². The summed E-state index contributed by atoms with van der Waals surface area (Å²) in [6.45, 7) is 3.32. The zero-order valence-corrected chi connectivity index (χ0v) is 15.7. The number of ether oxygens (including phenoxy) is 1. The number of likely N-dealkylation sites (N-methyl/N-ethyl adjacent to an activating group) is 1. The third kappa shape index (κ3) is 4.21. The third-order valence-electron chi connectivity index (χ3n) is 5.11. The highest BCUT2D eigenvalue weighted by Crippen LogP contribution is 2.32. The van der Waals surface area contributed by atoms with Gasteiger partial charge in [0.2, 0.25) is 0 Å². The number of hydrogen-bond donors (Lipinski definition) is 0. The van der Waals surface area contributed by atoms with Gasteiger partial charge in [-0.2, -0.15) is 0 Å². The minimum atomic E-state index is -0.428. The summed E-state index contributed by atoms with van der Waals surface area (Å²) in [6, 6.07) is 20.0. The Morgan fingerprint density at radius 2 is 1.73 bits per heavy atom. The van der Waals surface area contributed by atoms with E-state index < -0.39 is 5.72 Å². The zero-order valence-electron chi connectivity index (χ0n) is 15.7. The molecule has 26 heavy (non-hydrogen) atoms. The highest BCUT2D eigenvalue weighted by Gasteiger charge is 2.40. The maximum atomic E-state index is 12.3. The standard InChI is InChI=1S/C22H28N2O2/c1-23(2)22(20-12-7-4-8-13-20)18-24(16-17-26-22)15-9-14-21(25)19-10-5-3-6-11-19/h3-8,10-13H,9,14-18H2,1-2H3. The molecular formula is C22H28N2O2. The van der Waals surface area contributed by atoms with Gasteiger partial charge in [-0.15, -0.1) is 0 Å². The van der Waals surface area contributed by atoms with E-state index in [0.717, 1.165) is 31.6 Å². The molecule has 1 fully saturated rings. The van der Waals surface area contributed by atoms with Gasteiger partial charge in [0, 0.05) is 30.6 Å². The van der Waals surface area contributed by atoms with E-state index in [9.17, 15) is 4.79 Å². The van der Waals surface area contributed by atoms with Gasteiger partial charge in [0.15, 0.2) is 11.5 Å². The molecule has 1 aliphatic heterocycles. The van der Waals surface area contributed by atoms with E-state index in [4.69, 9.17) is 4.74 Å². The topological polar surface area (TPSA) is 32.8 Å². The van der Waals surface area contributed by atoms with E-state index in [1.165, 1.54) is 5.56 Å². The predicted octanol–water partition coefficient (Wildman–Crippen LogP) is 3.40. The van der Waals surface area contributed by atoms with Crippen molar-refractivity contribution in [2.45, 2.75) is 18.6 Å². The van der Waals surface area contributed by atoms with Gasteiger partial charge < -0.3 is 4.74 Å². The number of ketones is 1. The summed E-state index contributed by atoms with van der Waals surface area (Å²) in [7, 11) is 4.13. The Morgan fingerprint density at radius 3 is 2.38 bits per heavy atom. The number of hydrogen-bond acceptors (Lipinski definition) is 4. The van der Waals surface area contributed by atoms with Crippen molar-refractivity contribution < 1.29 is 9.53 Å². The number of carbonyl (C=O) groups excluding carboxylic acids is 1. The highest BCUT2D eigenvalue weighted by molar-refractivity contribution is 5.95. The normalized spacial score (nSPS) is 21.0. The van der Waals surface area contributed by atoms with Crippen molar-refractivity contribution in [2.24, 2.45) is 0 Å². The molecule has 3 rings (SSSR count). The molecule has 1 atom stereocenters. The Kier molecular flexibility index (Phi) is 6.20. The molecular weight excluding hydrogens is 324 g/mol. The maximum Gasteiger partial charge on any atom is 0.162 e. The van der Waals surface area contributed by atoms with Crippen molar-refractivity contribution in [3.63, 3.8) is 0 Å². The lowest BCUT2D eigenvalue weighted by Gasteiger charge is -2.47. The number of nitrogens with zero attached hydrogens (tertiary/aromatic N) is 2. The molecule has 1 saturated heterocycles. The van der Waals surface area contributed by atoms with E-state index in [0.29, 0.717) is 13.0 Å². The van der Waals surface area contributed by atoms with Crippen LogP contribution in [0.5, 0.6) is 0 Å². The van der Waals surface area contributed by atoms with E-state index in [1.807, 2.05) is 36.4 Å². The van der Waals surface area contributed by atoms with Crippen LogP contribution in [0.3, 0.4) is 0 Å². The average molecular weight is 352 g/mol. The van der Waals surface area contributed by atoms with Crippen molar-refractivity contribution in [3.8, 4) is 0 Å². The molecule has 0 aromatic heterocycles. The minimum absolute atomic E-state index is 0.223. The summed E-state index contributed by atoms with van der Waals surface area (Å²) < 4.78 is 6.26. The van der Waals surface area contributed by atoms with Crippen molar-refractivity contribution in [1.82, 2.24) is 9.80 Å². The second-order valence-corrected chi connectivity index (χ2v) is 7.06. The monoisotopic (exact) mass is 352 g/mol. The third-order valence-corrected chi connectivity index (χ3v) is 5.11. The summed E-state index contributed by atoms with van der Waals surface area (Å²) in [5.41, 5.74) is 1.56. The first kappa shape index (κ1) is 18.8. The molecule has 0 N–H and O–H groups in total. The maximum absolute atomic E-state index is 12.3. The lowest BCUT2D eigenvalue weighted by atomic mass is 9.99. The fraction of sp³-hybridized carbons (Fsp3) is 0.409. The first-order valence-corrected chi connectivity index (χ1v) is 9.29. The van der Waals surface area contributed by atoms with Crippen LogP contribution in [-0.4, -0.2) is 55.9 Å². The van der Waals surface area contributed by atoms with Gasteiger partial charge in [-0.1, -0.05) is 60.7 Å². The van der Waals surface area contributed by atoms with Gasteiger partial charge in [0.25, 0.3) is 0 Å². The van der Waals surface area contributed by atoms with Crippen LogP contribution in [-0.2, 0) is 10.5 Å². The lowest BCUT2D eigenvalue weighted by molar-refractivity contribution is -0.190. The van der Waals surface area contributed by atoms with E-state index >= 15 is 0 Å². The van der Waals surface area contributed by atoms with E-state index in [-0.39, 0.29) is 5.78 Å². The van der Waals surface area contributed by atoms with Crippen LogP contribution >= 0.6 is 0 Å². The molecule has 0 saturated carbocycles. The fourth-order valence-electron chi connectivity index (χ4n) is 3.60. The fourth-order valence-corrected chi connectivity index (χ4v) is 3.60. The van der Waals surface area contributed by atoms with Gasteiger partial charge in [0.1, 0.15) is 0 Å². The predicted molar refractivity (Wildman–Crippen MR) is 104 cm³/mol. The Morgan fingerprint density at radius 1 is 1.08 bits per heavy atom. The van der Waals surface area contributed by atoms with Crippen molar-refractivity contribution in [3.05, 3.63) is 71.8 Å². The number of carbonyl (C=O) groups is 1. The summed E-state index contributed by atoms with van der Waals surface area (Å²) in [5, 5.41) is 0. The van der Waals surface area contributed by atoms with Gasteiger partial charge in [-0.25, -0.2) is 0 Å². The smallest absolute Gasteiger partial charge is 0.162 e.